The lowest BCUT2D eigenvalue weighted by molar-refractivity contribution is -0.917. The Morgan fingerprint density at radius 2 is 1.93 bits per heavy atom. The van der Waals surface area contributed by atoms with Gasteiger partial charge in [-0.1, -0.05) is 32.8 Å². The first-order valence-electron chi connectivity index (χ1n) is 10.6. The van der Waals surface area contributed by atoms with Crippen LogP contribution in [-0.2, 0) is 14.8 Å². The number of hydrogen-bond donors (Lipinski definition) is 2. The summed E-state index contributed by atoms with van der Waals surface area (Å²) in [5.74, 6) is 0.579. The third kappa shape index (κ3) is 4.98. The fourth-order valence-corrected chi connectivity index (χ4v) is 5.98. The van der Waals surface area contributed by atoms with Gasteiger partial charge in [0.1, 0.15) is 5.82 Å². The van der Waals surface area contributed by atoms with E-state index in [1.54, 1.807) is 0 Å². The summed E-state index contributed by atoms with van der Waals surface area (Å²) in [4.78, 5) is 13.9. The van der Waals surface area contributed by atoms with Crippen molar-refractivity contribution in [2.45, 2.75) is 57.0 Å². The van der Waals surface area contributed by atoms with Crippen LogP contribution in [0.3, 0.4) is 0 Å². The van der Waals surface area contributed by atoms with Crippen molar-refractivity contribution >= 4 is 15.9 Å². The lowest BCUT2D eigenvalue weighted by Gasteiger charge is -2.37. The zero-order chi connectivity index (χ0) is 21.2. The van der Waals surface area contributed by atoms with Crippen molar-refractivity contribution in [2.24, 2.45) is 11.8 Å². The lowest BCUT2D eigenvalue weighted by atomic mass is 9.78. The number of carbonyl (C=O) groups is 1. The zero-order valence-electron chi connectivity index (χ0n) is 17.5. The van der Waals surface area contributed by atoms with Gasteiger partial charge in [-0.3, -0.25) is 4.79 Å². The summed E-state index contributed by atoms with van der Waals surface area (Å²) in [5, 5.41) is 3.24. The highest BCUT2D eigenvalue weighted by molar-refractivity contribution is 7.89. The van der Waals surface area contributed by atoms with E-state index in [9.17, 15) is 17.6 Å². The van der Waals surface area contributed by atoms with Gasteiger partial charge in [0, 0.05) is 6.04 Å². The van der Waals surface area contributed by atoms with Crippen molar-refractivity contribution < 1.29 is 22.5 Å². The number of nitrogens with zero attached hydrogens (tertiary/aromatic N) is 1. The molecule has 1 heterocycles. The maximum Gasteiger partial charge on any atom is 0.278 e. The summed E-state index contributed by atoms with van der Waals surface area (Å²) in [7, 11) is -3.71. The van der Waals surface area contributed by atoms with Crippen LogP contribution in [0.4, 0.5) is 4.39 Å². The Morgan fingerprint density at radius 3 is 2.59 bits per heavy atom. The average Bonchev–Trinajstić information content (AvgIpc) is 2.71. The lowest BCUT2D eigenvalue weighted by Crippen LogP contribution is -3.19. The highest BCUT2D eigenvalue weighted by Crippen LogP contribution is 2.29. The standard InChI is InChI=1S/C21H32FN3O3S/c1-15-6-4-9-20(16(15)2)23-21(26)17(3)24-10-12-25(13-11-24)29(27,28)19-8-5-7-18(22)14-19/h5,7-8,14-17,20H,4,6,9-13H2,1-3H3,(H,23,26)/p+1/t15-,16-,17-,20+/m1/s1. The van der Waals surface area contributed by atoms with E-state index in [-0.39, 0.29) is 22.9 Å². The number of amides is 1. The molecule has 1 aliphatic carbocycles. The third-order valence-corrected chi connectivity index (χ3v) is 8.73. The summed E-state index contributed by atoms with van der Waals surface area (Å²) in [6.45, 7) is 8.13. The van der Waals surface area contributed by atoms with E-state index in [1.807, 2.05) is 6.92 Å². The first-order valence-corrected chi connectivity index (χ1v) is 12.0. The van der Waals surface area contributed by atoms with Gasteiger partial charge in [0.05, 0.1) is 31.1 Å². The van der Waals surface area contributed by atoms with Crippen LogP contribution in [0.2, 0.25) is 0 Å². The van der Waals surface area contributed by atoms with Crippen molar-refractivity contribution in [2.75, 3.05) is 26.2 Å². The molecule has 1 aromatic carbocycles. The third-order valence-electron chi connectivity index (χ3n) is 6.84. The summed E-state index contributed by atoms with van der Waals surface area (Å²) >= 11 is 0. The molecule has 1 aliphatic heterocycles. The first kappa shape index (κ1) is 22.2. The van der Waals surface area contributed by atoms with Crippen LogP contribution in [-0.4, -0.2) is 56.9 Å². The van der Waals surface area contributed by atoms with Gasteiger partial charge in [-0.05, 0) is 43.4 Å². The molecule has 0 spiro atoms. The average molecular weight is 427 g/mol. The summed E-state index contributed by atoms with van der Waals surface area (Å²) < 4.78 is 40.3. The summed E-state index contributed by atoms with van der Waals surface area (Å²) in [6.07, 6.45) is 3.39. The molecule has 0 aromatic heterocycles. The van der Waals surface area contributed by atoms with Crippen LogP contribution in [0.5, 0.6) is 0 Å². The van der Waals surface area contributed by atoms with E-state index < -0.39 is 15.8 Å². The SMILES string of the molecule is C[C@@H]1[C@H](C)CCC[C@@H]1NC(=O)[C@@H](C)[NH+]1CCN(S(=O)(=O)c2cccc(F)c2)CC1. The molecule has 2 N–H and O–H groups in total. The molecule has 4 atom stereocenters. The number of sulfonamides is 1. The molecule has 3 rings (SSSR count). The fourth-order valence-electron chi connectivity index (χ4n) is 4.50. The molecule has 6 nitrogen and oxygen atoms in total. The van der Waals surface area contributed by atoms with Gasteiger partial charge in [0.2, 0.25) is 10.0 Å². The maximum atomic E-state index is 13.4. The molecule has 1 saturated heterocycles. The van der Waals surface area contributed by atoms with E-state index in [0.29, 0.717) is 38.0 Å². The fraction of sp³-hybridized carbons (Fsp3) is 0.667. The minimum absolute atomic E-state index is 0.0212. The van der Waals surface area contributed by atoms with Gasteiger partial charge in [-0.15, -0.1) is 0 Å². The van der Waals surface area contributed by atoms with Crippen molar-refractivity contribution in [3.05, 3.63) is 30.1 Å². The van der Waals surface area contributed by atoms with Crippen molar-refractivity contribution in [1.29, 1.82) is 0 Å². The Balaban J connectivity index is 1.56. The predicted octanol–water partition coefficient (Wildman–Crippen LogP) is 1.04. The molecule has 29 heavy (non-hydrogen) atoms. The van der Waals surface area contributed by atoms with Crippen LogP contribution in [0.25, 0.3) is 0 Å². The van der Waals surface area contributed by atoms with Crippen molar-refractivity contribution in [3.63, 3.8) is 0 Å². The summed E-state index contributed by atoms with van der Waals surface area (Å²) in [5.41, 5.74) is 0. The molecule has 2 aliphatic rings. The number of hydrogen-bond acceptors (Lipinski definition) is 3. The number of rotatable bonds is 5. The monoisotopic (exact) mass is 426 g/mol. The largest absolute Gasteiger partial charge is 0.348 e. The molecular formula is C21H33FN3O3S+. The van der Waals surface area contributed by atoms with E-state index >= 15 is 0 Å². The highest BCUT2D eigenvalue weighted by atomic mass is 32.2. The second kappa shape index (κ2) is 9.10. The summed E-state index contributed by atoms with van der Waals surface area (Å²) in [6, 6.07) is 5.11. The Bertz CT molecular complexity index is 824. The number of halogens is 1. The Morgan fingerprint density at radius 1 is 1.24 bits per heavy atom. The van der Waals surface area contributed by atoms with Gasteiger partial charge in [0.15, 0.2) is 6.04 Å². The van der Waals surface area contributed by atoms with Crippen LogP contribution in [0.15, 0.2) is 29.2 Å². The topological polar surface area (TPSA) is 70.9 Å². The number of piperazine rings is 1. The second-order valence-electron chi connectivity index (χ2n) is 8.62. The van der Waals surface area contributed by atoms with Crippen LogP contribution in [0, 0.1) is 17.7 Å². The molecule has 162 valence electrons. The number of nitrogens with one attached hydrogen (secondary N) is 2. The Hall–Kier alpha value is -1.51. The predicted molar refractivity (Wildman–Crippen MR) is 109 cm³/mol. The van der Waals surface area contributed by atoms with E-state index in [2.05, 4.69) is 19.2 Å². The van der Waals surface area contributed by atoms with Crippen LogP contribution < -0.4 is 10.2 Å². The Labute approximate surface area is 173 Å². The van der Waals surface area contributed by atoms with E-state index in [4.69, 9.17) is 0 Å². The van der Waals surface area contributed by atoms with Gasteiger partial charge in [-0.2, -0.15) is 4.31 Å². The van der Waals surface area contributed by atoms with Crippen molar-refractivity contribution in [3.8, 4) is 0 Å². The minimum Gasteiger partial charge on any atom is -0.348 e. The van der Waals surface area contributed by atoms with E-state index in [0.717, 1.165) is 23.8 Å². The molecule has 0 unspecified atom stereocenters. The molecule has 0 bridgehead atoms. The van der Waals surface area contributed by atoms with E-state index in [1.165, 1.54) is 28.9 Å². The maximum absolute atomic E-state index is 13.4. The molecule has 1 saturated carbocycles. The van der Waals surface area contributed by atoms with Gasteiger partial charge >= 0.3 is 0 Å². The normalized spacial score (nSPS) is 28.1. The van der Waals surface area contributed by atoms with Gasteiger partial charge in [-0.25, -0.2) is 12.8 Å². The quantitative estimate of drug-likeness (QED) is 0.739. The molecule has 2 fully saturated rings. The smallest absolute Gasteiger partial charge is 0.278 e. The Kier molecular flexibility index (Phi) is 6.96. The van der Waals surface area contributed by atoms with Gasteiger partial charge in [0.25, 0.3) is 5.91 Å². The molecule has 0 radical (unpaired) electrons. The molecule has 8 heteroatoms. The zero-order valence-corrected chi connectivity index (χ0v) is 18.3. The highest BCUT2D eigenvalue weighted by Gasteiger charge is 2.36. The number of quaternary nitrogens is 1. The first-order chi connectivity index (χ1) is 13.7. The molecule has 1 amide bonds. The van der Waals surface area contributed by atoms with Crippen LogP contribution >= 0.6 is 0 Å². The van der Waals surface area contributed by atoms with Gasteiger partial charge < -0.3 is 10.2 Å². The molecular weight excluding hydrogens is 393 g/mol. The number of carbonyl (C=O) groups excluding carboxylic acids is 1. The molecule has 1 aromatic rings. The minimum atomic E-state index is -3.71. The van der Waals surface area contributed by atoms with Crippen molar-refractivity contribution in [1.82, 2.24) is 9.62 Å². The second-order valence-corrected chi connectivity index (χ2v) is 10.6. The number of benzene rings is 1. The van der Waals surface area contributed by atoms with Crippen LogP contribution in [0.1, 0.15) is 40.0 Å².